The lowest BCUT2D eigenvalue weighted by Gasteiger charge is -2.23. The third kappa shape index (κ3) is 6.28. The van der Waals surface area contributed by atoms with Crippen molar-refractivity contribution in [3.8, 4) is 5.82 Å². The first-order valence-corrected chi connectivity index (χ1v) is 12.6. The number of hydrogen-bond acceptors (Lipinski definition) is 6. The molecule has 0 aliphatic heterocycles. The van der Waals surface area contributed by atoms with Gasteiger partial charge in [-0.15, -0.1) is 0 Å². The van der Waals surface area contributed by atoms with E-state index in [1.54, 1.807) is 43.3 Å². The summed E-state index contributed by atoms with van der Waals surface area (Å²) in [5.74, 6) is 1.47. The number of ether oxygens (including phenoxy) is 1. The van der Waals surface area contributed by atoms with E-state index in [1.807, 2.05) is 51.3 Å². The van der Waals surface area contributed by atoms with Crippen LogP contribution < -0.4 is 10.6 Å². The molecule has 1 atom stereocenters. The van der Waals surface area contributed by atoms with Crippen molar-refractivity contribution in [3.05, 3.63) is 47.2 Å². The number of para-hydroxylation sites is 1. The second kappa shape index (κ2) is 10.5. The smallest absolute Gasteiger partial charge is 0.408 e. The molecule has 3 aromatic rings. The van der Waals surface area contributed by atoms with Gasteiger partial charge < -0.3 is 15.4 Å². The van der Waals surface area contributed by atoms with Crippen molar-refractivity contribution in [2.24, 2.45) is 0 Å². The number of benzene rings is 1. The number of carbonyl (C=O) groups excluding carboxylic acids is 2. The zero-order valence-electron chi connectivity index (χ0n) is 20.9. The first kappa shape index (κ1) is 25.6. The Morgan fingerprint density at radius 1 is 1.15 bits per heavy atom. The van der Waals surface area contributed by atoms with Crippen LogP contribution in [0.25, 0.3) is 16.7 Å². The molecule has 0 aliphatic carbocycles. The molecule has 0 radical (unpaired) electrons. The van der Waals surface area contributed by atoms with Crippen molar-refractivity contribution < 1.29 is 14.3 Å². The molecule has 1 aromatic carbocycles. The minimum atomic E-state index is -0.750. The number of amides is 2. The highest BCUT2D eigenvalue weighted by molar-refractivity contribution is 7.98. The number of thioether (sulfide) groups is 1. The lowest BCUT2D eigenvalue weighted by Crippen LogP contribution is -2.46. The predicted molar refractivity (Wildman–Crippen MR) is 138 cm³/mol. The fourth-order valence-corrected chi connectivity index (χ4v) is 4.05. The fraction of sp³-hybridized carbons (Fsp3) is 0.440. The maximum absolute atomic E-state index is 13.2. The van der Waals surface area contributed by atoms with Gasteiger partial charge in [-0.25, -0.2) is 9.78 Å². The second-order valence-corrected chi connectivity index (χ2v) is 10.3. The number of anilines is 1. The molecule has 0 spiro atoms. The molecule has 0 bridgehead atoms. The molecule has 2 N–H and O–H groups in total. The SMILES string of the molecule is CSCCC(NC(=O)OC(C)(C)C)C(=O)Nc1cc(C)nn1-c1cc(C)c2cccc(C)c2n1. The van der Waals surface area contributed by atoms with Crippen LogP contribution in [0.3, 0.4) is 0 Å². The molecule has 182 valence electrons. The van der Waals surface area contributed by atoms with Crippen LogP contribution in [-0.4, -0.2) is 50.4 Å². The van der Waals surface area contributed by atoms with Crippen LogP contribution in [0.2, 0.25) is 0 Å². The number of fused-ring (bicyclic) bond motifs is 1. The summed E-state index contributed by atoms with van der Waals surface area (Å²) in [5, 5.41) is 11.3. The molecule has 0 saturated carbocycles. The van der Waals surface area contributed by atoms with Gasteiger partial charge in [0.2, 0.25) is 5.91 Å². The van der Waals surface area contributed by atoms with E-state index in [1.165, 1.54) is 0 Å². The average Bonchev–Trinajstić information content (AvgIpc) is 3.10. The van der Waals surface area contributed by atoms with E-state index < -0.39 is 17.7 Å². The summed E-state index contributed by atoms with van der Waals surface area (Å²) >= 11 is 1.60. The van der Waals surface area contributed by atoms with Crippen molar-refractivity contribution in [2.45, 2.75) is 59.6 Å². The first-order chi connectivity index (χ1) is 16.0. The standard InChI is InChI=1S/C25H33N5O3S/c1-15-9-8-10-18-16(2)13-20(27-22(15)18)30-21(14-17(3)29-30)28-23(31)19(11-12-34-7)26-24(32)33-25(4,5)6/h8-10,13-14,19H,11-12H2,1-7H3,(H,26,32)(H,28,31). The van der Waals surface area contributed by atoms with Crippen molar-refractivity contribution in [1.29, 1.82) is 0 Å². The summed E-state index contributed by atoms with van der Waals surface area (Å²) in [6.45, 7) is 11.3. The van der Waals surface area contributed by atoms with Crippen molar-refractivity contribution in [2.75, 3.05) is 17.3 Å². The maximum atomic E-state index is 13.2. The Balaban J connectivity index is 1.90. The highest BCUT2D eigenvalue weighted by Gasteiger charge is 2.25. The number of carbonyl (C=O) groups is 2. The molecular weight excluding hydrogens is 450 g/mol. The van der Waals surface area contributed by atoms with Crippen LogP contribution in [0.15, 0.2) is 30.3 Å². The van der Waals surface area contributed by atoms with E-state index in [0.717, 1.165) is 27.7 Å². The van der Waals surface area contributed by atoms with Crippen LogP contribution in [0.4, 0.5) is 10.6 Å². The topological polar surface area (TPSA) is 98.1 Å². The van der Waals surface area contributed by atoms with Crippen LogP contribution >= 0.6 is 11.8 Å². The summed E-state index contributed by atoms with van der Waals surface area (Å²) in [4.78, 5) is 30.3. The molecule has 3 rings (SSSR count). The van der Waals surface area contributed by atoms with E-state index in [2.05, 4.69) is 15.7 Å². The quantitative estimate of drug-likeness (QED) is 0.494. The number of hydrogen-bond donors (Lipinski definition) is 2. The van der Waals surface area contributed by atoms with Gasteiger partial charge in [0.15, 0.2) is 5.82 Å². The average molecular weight is 484 g/mol. The molecule has 34 heavy (non-hydrogen) atoms. The number of pyridine rings is 1. The number of aryl methyl sites for hydroxylation is 3. The lowest BCUT2D eigenvalue weighted by molar-refractivity contribution is -0.118. The third-order valence-corrected chi connectivity index (χ3v) is 5.80. The number of aromatic nitrogens is 3. The van der Waals surface area contributed by atoms with Crippen molar-refractivity contribution in [1.82, 2.24) is 20.1 Å². The van der Waals surface area contributed by atoms with Gasteiger partial charge in [-0.05, 0) is 77.2 Å². The Bertz CT molecular complexity index is 1200. The molecular formula is C25H33N5O3S. The summed E-state index contributed by atoms with van der Waals surface area (Å²) in [6, 6.07) is 9.07. The summed E-state index contributed by atoms with van der Waals surface area (Å²) in [6.07, 6.45) is 1.79. The molecule has 2 amide bonds. The van der Waals surface area contributed by atoms with Crippen molar-refractivity contribution in [3.63, 3.8) is 0 Å². The fourth-order valence-electron chi connectivity index (χ4n) is 3.58. The molecule has 8 nitrogen and oxygen atoms in total. The van der Waals surface area contributed by atoms with Gasteiger partial charge >= 0.3 is 6.09 Å². The normalized spacial score (nSPS) is 12.4. The lowest BCUT2D eigenvalue weighted by atomic mass is 10.1. The predicted octanol–water partition coefficient (Wildman–Crippen LogP) is 4.93. The maximum Gasteiger partial charge on any atom is 0.408 e. The van der Waals surface area contributed by atoms with Gasteiger partial charge in [-0.2, -0.15) is 21.5 Å². The highest BCUT2D eigenvalue weighted by Crippen LogP contribution is 2.24. The van der Waals surface area contributed by atoms with Crippen LogP contribution in [-0.2, 0) is 9.53 Å². The Hall–Kier alpha value is -3.07. The number of rotatable bonds is 7. The molecule has 1 unspecified atom stereocenters. The Morgan fingerprint density at radius 2 is 1.88 bits per heavy atom. The zero-order chi connectivity index (χ0) is 25.0. The molecule has 0 fully saturated rings. The van der Waals surface area contributed by atoms with Crippen LogP contribution in [0.1, 0.15) is 44.0 Å². The van der Waals surface area contributed by atoms with Gasteiger partial charge in [0.1, 0.15) is 17.5 Å². The van der Waals surface area contributed by atoms with Crippen molar-refractivity contribution >= 4 is 40.5 Å². The number of alkyl carbamates (subject to hydrolysis) is 1. The van der Waals surface area contributed by atoms with E-state index in [0.29, 0.717) is 23.8 Å². The Kier molecular flexibility index (Phi) is 7.86. The number of nitrogens with one attached hydrogen (secondary N) is 2. The van der Waals surface area contributed by atoms with Crippen LogP contribution in [0, 0.1) is 20.8 Å². The first-order valence-electron chi connectivity index (χ1n) is 11.2. The van der Waals surface area contributed by atoms with Gasteiger partial charge in [0.05, 0.1) is 11.2 Å². The zero-order valence-corrected chi connectivity index (χ0v) is 21.7. The summed E-state index contributed by atoms with van der Waals surface area (Å²) in [5.41, 5.74) is 3.11. The third-order valence-electron chi connectivity index (χ3n) is 5.15. The Labute approximate surface area is 204 Å². The van der Waals surface area contributed by atoms with E-state index >= 15 is 0 Å². The van der Waals surface area contributed by atoms with E-state index in [9.17, 15) is 9.59 Å². The minimum Gasteiger partial charge on any atom is -0.444 e. The van der Waals surface area contributed by atoms with E-state index in [4.69, 9.17) is 9.72 Å². The summed E-state index contributed by atoms with van der Waals surface area (Å²) in [7, 11) is 0. The van der Waals surface area contributed by atoms with Gasteiger partial charge in [-0.3, -0.25) is 4.79 Å². The number of nitrogens with zero attached hydrogens (tertiary/aromatic N) is 3. The van der Waals surface area contributed by atoms with Crippen LogP contribution in [0.5, 0.6) is 0 Å². The largest absolute Gasteiger partial charge is 0.444 e. The second-order valence-electron chi connectivity index (χ2n) is 9.32. The Morgan fingerprint density at radius 3 is 2.56 bits per heavy atom. The molecule has 2 aromatic heterocycles. The molecule has 0 aliphatic rings. The molecule has 0 saturated heterocycles. The summed E-state index contributed by atoms with van der Waals surface area (Å²) < 4.78 is 6.98. The monoisotopic (exact) mass is 483 g/mol. The molecule has 2 heterocycles. The van der Waals surface area contributed by atoms with Gasteiger partial charge in [0.25, 0.3) is 0 Å². The highest BCUT2D eigenvalue weighted by atomic mass is 32.2. The van der Waals surface area contributed by atoms with Gasteiger partial charge in [0, 0.05) is 11.5 Å². The van der Waals surface area contributed by atoms with Gasteiger partial charge in [-0.1, -0.05) is 18.2 Å². The molecule has 9 heteroatoms. The minimum absolute atomic E-state index is 0.338. The van der Waals surface area contributed by atoms with E-state index in [-0.39, 0.29) is 5.91 Å².